The van der Waals surface area contributed by atoms with Gasteiger partial charge in [0.2, 0.25) is 0 Å². The highest BCUT2D eigenvalue weighted by atomic mass is 35.5. The topological polar surface area (TPSA) is 35.2 Å². The molecule has 1 fully saturated rings. The Kier molecular flexibility index (Phi) is 6.45. The lowest BCUT2D eigenvalue weighted by molar-refractivity contribution is 0.296. The molecule has 0 saturated heterocycles. The quantitative estimate of drug-likeness (QED) is 0.862. The van der Waals surface area contributed by atoms with Crippen molar-refractivity contribution in [3.63, 3.8) is 0 Å². The zero-order valence-corrected chi connectivity index (χ0v) is 13.2. The molecule has 0 heterocycles. The average Bonchev–Trinajstić information content (AvgIpc) is 3.10. The summed E-state index contributed by atoms with van der Waals surface area (Å²) in [6, 6.07) is 4.31. The van der Waals surface area contributed by atoms with E-state index in [1.807, 2.05) is 13.0 Å². The monoisotopic (exact) mass is 303 g/mol. The van der Waals surface area contributed by atoms with Gasteiger partial charge in [0, 0.05) is 6.04 Å². The lowest BCUT2D eigenvalue weighted by atomic mass is 10.0. The van der Waals surface area contributed by atoms with Crippen molar-refractivity contribution in [3.05, 3.63) is 28.3 Å². The van der Waals surface area contributed by atoms with Crippen molar-refractivity contribution in [2.75, 3.05) is 6.61 Å². The standard InChI is InChI=1S/C15H22ClNO.ClH/c1-3-11-7-13(6-10(2)17)15(14(16)8-11)18-9-12-4-5-12;/h7-8,10,12H,3-6,9,17H2,1-2H3;1H. The van der Waals surface area contributed by atoms with E-state index in [0.29, 0.717) is 0 Å². The van der Waals surface area contributed by atoms with Gasteiger partial charge in [0.25, 0.3) is 0 Å². The smallest absolute Gasteiger partial charge is 0.141 e. The van der Waals surface area contributed by atoms with E-state index in [1.54, 1.807) is 0 Å². The van der Waals surface area contributed by atoms with Gasteiger partial charge in [0.1, 0.15) is 5.75 Å². The third kappa shape index (κ3) is 4.87. The third-order valence-corrected chi connectivity index (χ3v) is 3.57. The summed E-state index contributed by atoms with van der Waals surface area (Å²) in [7, 11) is 0. The van der Waals surface area contributed by atoms with Gasteiger partial charge in [0.05, 0.1) is 11.6 Å². The van der Waals surface area contributed by atoms with Crippen LogP contribution in [0.2, 0.25) is 5.02 Å². The van der Waals surface area contributed by atoms with Crippen LogP contribution in [0.1, 0.15) is 37.8 Å². The highest BCUT2D eigenvalue weighted by Crippen LogP contribution is 2.35. The van der Waals surface area contributed by atoms with Gasteiger partial charge < -0.3 is 10.5 Å². The Hall–Kier alpha value is -0.440. The second-order valence-corrected chi connectivity index (χ2v) is 5.76. The minimum absolute atomic E-state index is 0. The average molecular weight is 304 g/mol. The Labute approximate surface area is 127 Å². The normalized spacial score (nSPS) is 15.8. The van der Waals surface area contributed by atoms with Crippen molar-refractivity contribution in [1.82, 2.24) is 0 Å². The van der Waals surface area contributed by atoms with Crippen molar-refractivity contribution in [2.45, 2.75) is 45.6 Å². The van der Waals surface area contributed by atoms with Crippen LogP contribution in [-0.2, 0) is 12.8 Å². The molecule has 4 heteroatoms. The maximum absolute atomic E-state index is 6.33. The molecule has 2 N–H and O–H groups in total. The van der Waals surface area contributed by atoms with Crippen LogP contribution in [0.5, 0.6) is 5.75 Å². The van der Waals surface area contributed by atoms with E-state index in [1.165, 1.54) is 18.4 Å². The number of rotatable bonds is 6. The summed E-state index contributed by atoms with van der Waals surface area (Å²) in [6.07, 6.45) is 4.36. The maximum Gasteiger partial charge on any atom is 0.141 e. The molecule has 2 rings (SSSR count). The molecule has 108 valence electrons. The van der Waals surface area contributed by atoms with Gasteiger partial charge in [0.15, 0.2) is 0 Å². The fourth-order valence-electron chi connectivity index (χ4n) is 2.06. The van der Waals surface area contributed by atoms with E-state index < -0.39 is 0 Å². The van der Waals surface area contributed by atoms with Crippen molar-refractivity contribution in [3.8, 4) is 5.75 Å². The van der Waals surface area contributed by atoms with E-state index in [0.717, 1.165) is 41.7 Å². The Morgan fingerprint density at radius 1 is 1.42 bits per heavy atom. The zero-order valence-electron chi connectivity index (χ0n) is 11.6. The summed E-state index contributed by atoms with van der Waals surface area (Å²) in [4.78, 5) is 0. The molecule has 0 radical (unpaired) electrons. The molecule has 2 nitrogen and oxygen atoms in total. The first kappa shape index (κ1) is 16.6. The number of hydrogen-bond acceptors (Lipinski definition) is 2. The lowest BCUT2D eigenvalue weighted by Crippen LogP contribution is -2.18. The molecule has 1 saturated carbocycles. The summed E-state index contributed by atoms with van der Waals surface area (Å²) in [6.45, 7) is 4.93. The molecule has 1 aliphatic rings. The van der Waals surface area contributed by atoms with Gasteiger partial charge in [-0.1, -0.05) is 24.6 Å². The van der Waals surface area contributed by atoms with Crippen molar-refractivity contribution >= 4 is 24.0 Å². The Morgan fingerprint density at radius 2 is 2.11 bits per heavy atom. The summed E-state index contributed by atoms with van der Waals surface area (Å²) < 4.78 is 5.90. The number of halogens is 2. The first-order valence-corrected chi connectivity index (χ1v) is 7.17. The van der Waals surface area contributed by atoms with Gasteiger partial charge in [-0.3, -0.25) is 0 Å². The molecule has 0 bridgehead atoms. The van der Waals surface area contributed by atoms with Crippen LogP contribution in [0, 0.1) is 5.92 Å². The molecule has 0 aromatic heterocycles. The second kappa shape index (κ2) is 7.37. The summed E-state index contributed by atoms with van der Waals surface area (Å²) in [5, 5.41) is 0.727. The first-order valence-electron chi connectivity index (χ1n) is 6.79. The van der Waals surface area contributed by atoms with E-state index in [-0.39, 0.29) is 18.4 Å². The minimum Gasteiger partial charge on any atom is -0.491 e. The van der Waals surface area contributed by atoms with Crippen LogP contribution in [0.4, 0.5) is 0 Å². The Bertz CT molecular complexity index is 417. The molecule has 1 aromatic rings. The number of aryl methyl sites for hydroxylation is 1. The zero-order chi connectivity index (χ0) is 13.1. The molecule has 0 amide bonds. The van der Waals surface area contributed by atoms with Gasteiger partial charge in [-0.05, 0) is 55.7 Å². The van der Waals surface area contributed by atoms with Crippen LogP contribution in [0.3, 0.4) is 0 Å². The summed E-state index contributed by atoms with van der Waals surface area (Å²) in [5.41, 5.74) is 8.30. The molecular weight excluding hydrogens is 281 g/mol. The first-order chi connectivity index (χ1) is 8.60. The summed E-state index contributed by atoms with van der Waals surface area (Å²) in [5.74, 6) is 1.58. The highest BCUT2D eigenvalue weighted by molar-refractivity contribution is 6.32. The maximum atomic E-state index is 6.33. The van der Waals surface area contributed by atoms with E-state index >= 15 is 0 Å². The lowest BCUT2D eigenvalue weighted by Gasteiger charge is -2.16. The SMILES string of the molecule is CCc1cc(Cl)c(OCC2CC2)c(CC(C)N)c1.Cl. The van der Waals surface area contributed by atoms with Crippen molar-refractivity contribution < 1.29 is 4.74 Å². The Balaban J connectivity index is 0.00000180. The van der Waals surface area contributed by atoms with E-state index in [2.05, 4.69) is 13.0 Å². The third-order valence-electron chi connectivity index (χ3n) is 3.29. The van der Waals surface area contributed by atoms with Crippen LogP contribution in [0.15, 0.2) is 12.1 Å². The molecule has 1 aromatic carbocycles. The molecular formula is C15H23Cl2NO. The van der Waals surface area contributed by atoms with Gasteiger partial charge in [-0.25, -0.2) is 0 Å². The predicted molar refractivity (Wildman–Crippen MR) is 83.7 cm³/mol. The van der Waals surface area contributed by atoms with Crippen molar-refractivity contribution in [2.24, 2.45) is 11.7 Å². The Morgan fingerprint density at radius 3 is 2.63 bits per heavy atom. The minimum atomic E-state index is 0. The number of ether oxygens (including phenoxy) is 1. The van der Waals surface area contributed by atoms with Crippen LogP contribution >= 0.6 is 24.0 Å². The van der Waals surface area contributed by atoms with Gasteiger partial charge in [-0.15, -0.1) is 12.4 Å². The van der Waals surface area contributed by atoms with Crippen molar-refractivity contribution in [1.29, 1.82) is 0 Å². The number of benzene rings is 1. The number of nitrogens with two attached hydrogens (primary N) is 1. The largest absolute Gasteiger partial charge is 0.491 e. The van der Waals surface area contributed by atoms with Crippen LogP contribution < -0.4 is 10.5 Å². The molecule has 1 aliphatic carbocycles. The summed E-state index contributed by atoms with van der Waals surface area (Å²) >= 11 is 6.33. The van der Waals surface area contributed by atoms with E-state index in [4.69, 9.17) is 22.1 Å². The molecule has 1 atom stereocenters. The fourth-order valence-corrected chi connectivity index (χ4v) is 2.38. The molecule has 19 heavy (non-hydrogen) atoms. The molecule has 1 unspecified atom stereocenters. The highest BCUT2D eigenvalue weighted by Gasteiger charge is 2.23. The molecule has 0 aliphatic heterocycles. The van der Waals surface area contributed by atoms with Gasteiger partial charge >= 0.3 is 0 Å². The van der Waals surface area contributed by atoms with E-state index in [9.17, 15) is 0 Å². The van der Waals surface area contributed by atoms with Crippen LogP contribution in [-0.4, -0.2) is 12.6 Å². The second-order valence-electron chi connectivity index (χ2n) is 5.36. The van der Waals surface area contributed by atoms with Gasteiger partial charge in [-0.2, -0.15) is 0 Å². The number of hydrogen-bond donors (Lipinski definition) is 1. The predicted octanol–water partition coefficient (Wildman–Crippen LogP) is 4.00. The van der Waals surface area contributed by atoms with Crippen LogP contribution in [0.25, 0.3) is 0 Å². The molecule has 0 spiro atoms. The fraction of sp³-hybridized carbons (Fsp3) is 0.600.